The molecule has 0 fully saturated rings. The quantitative estimate of drug-likeness (QED) is 0.923. The maximum absolute atomic E-state index is 5.33. The Kier molecular flexibility index (Phi) is 4.02. The van der Waals surface area contributed by atoms with Crippen LogP contribution in [-0.4, -0.2) is 25.7 Å². The van der Waals surface area contributed by atoms with Crippen molar-refractivity contribution >= 4 is 16.6 Å². The molecule has 0 spiro atoms. The van der Waals surface area contributed by atoms with E-state index in [9.17, 15) is 0 Å². The Bertz CT molecular complexity index is 603. The molecule has 4 nitrogen and oxygen atoms in total. The Hall–Kier alpha value is -1.97. The molecule has 0 radical (unpaired) electrons. The number of nitrogens with zero attached hydrogens (tertiary/aromatic N) is 1. The third-order valence-electron chi connectivity index (χ3n) is 3.01. The van der Waals surface area contributed by atoms with Gasteiger partial charge in [-0.15, -0.1) is 0 Å². The average molecular weight is 274 g/mol. The first kappa shape index (κ1) is 14.4. The van der Waals surface area contributed by atoms with Gasteiger partial charge in [0.1, 0.15) is 0 Å². The Labute approximate surface area is 120 Å². The number of hydrogen-bond donors (Lipinski definition) is 1. The summed E-state index contributed by atoms with van der Waals surface area (Å²) in [5, 5.41) is 4.44. The van der Waals surface area contributed by atoms with E-state index < -0.39 is 0 Å². The summed E-state index contributed by atoms with van der Waals surface area (Å²) in [7, 11) is 3.27. The SMILES string of the molecule is COc1cc2cc(NCC(C)(C)C)cnc2cc1OC. The van der Waals surface area contributed by atoms with E-state index in [1.54, 1.807) is 14.2 Å². The summed E-state index contributed by atoms with van der Waals surface area (Å²) in [6.45, 7) is 7.49. The van der Waals surface area contributed by atoms with Crippen LogP contribution in [0.5, 0.6) is 11.5 Å². The van der Waals surface area contributed by atoms with Gasteiger partial charge in [-0.2, -0.15) is 0 Å². The van der Waals surface area contributed by atoms with Gasteiger partial charge in [-0.3, -0.25) is 4.98 Å². The molecule has 4 heteroatoms. The standard InChI is InChI=1S/C16H22N2O2/c1-16(2,3)10-18-12-6-11-7-14(19-4)15(20-5)8-13(11)17-9-12/h6-9,18H,10H2,1-5H3. The van der Waals surface area contributed by atoms with Crippen molar-refractivity contribution in [1.29, 1.82) is 0 Å². The fraction of sp³-hybridized carbons (Fsp3) is 0.438. The molecule has 0 atom stereocenters. The molecule has 1 aromatic heterocycles. The van der Waals surface area contributed by atoms with Crippen LogP contribution in [0.4, 0.5) is 5.69 Å². The Morgan fingerprint density at radius 1 is 1.05 bits per heavy atom. The molecular weight excluding hydrogens is 252 g/mol. The second-order valence-corrected chi connectivity index (χ2v) is 6.04. The Morgan fingerprint density at radius 2 is 1.70 bits per heavy atom. The summed E-state index contributed by atoms with van der Waals surface area (Å²) in [4.78, 5) is 4.47. The van der Waals surface area contributed by atoms with E-state index in [0.717, 1.165) is 28.9 Å². The molecule has 108 valence electrons. The molecule has 0 aliphatic heterocycles. The molecular formula is C16H22N2O2. The number of ether oxygens (including phenoxy) is 2. The summed E-state index contributed by atoms with van der Waals surface area (Å²) in [6, 6.07) is 5.92. The van der Waals surface area contributed by atoms with Gasteiger partial charge >= 0.3 is 0 Å². The maximum Gasteiger partial charge on any atom is 0.162 e. The van der Waals surface area contributed by atoms with Crippen molar-refractivity contribution in [2.45, 2.75) is 20.8 Å². The van der Waals surface area contributed by atoms with E-state index >= 15 is 0 Å². The van der Waals surface area contributed by atoms with Gasteiger partial charge in [-0.05, 0) is 17.5 Å². The van der Waals surface area contributed by atoms with Crippen LogP contribution < -0.4 is 14.8 Å². The lowest BCUT2D eigenvalue weighted by molar-refractivity contribution is 0.356. The van der Waals surface area contributed by atoms with E-state index in [1.165, 1.54) is 0 Å². The van der Waals surface area contributed by atoms with Crippen molar-refractivity contribution in [2.24, 2.45) is 5.41 Å². The van der Waals surface area contributed by atoms with E-state index in [2.05, 4.69) is 37.1 Å². The van der Waals surface area contributed by atoms with Gasteiger partial charge in [-0.1, -0.05) is 20.8 Å². The van der Waals surface area contributed by atoms with Gasteiger partial charge in [0.2, 0.25) is 0 Å². The number of hydrogen-bond acceptors (Lipinski definition) is 4. The summed E-state index contributed by atoms with van der Waals surface area (Å²) in [5.74, 6) is 1.41. The highest BCUT2D eigenvalue weighted by molar-refractivity contribution is 5.85. The van der Waals surface area contributed by atoms with Crippen LogP contribution in [0, 0.1) is 5.41 Å². The minimum absolute atomic E-state index is 0.229. The Morgan fingerprint density at radius 3 is 2.30 bits per heavy atom. The molecule has 1 aromatic carbocycles. The first-order valence-electron chi connectivity index (χ1n) is 6.68. The van der Waals surface area contributed by atoms with Crippen LogP contribution in [0.1, 0.15) is 20.8 Å². The predicted molar refractivity (Wildman–Crippen MR) is 82.8 cm³/mol. The number of methoxy groups -OCH3 is 2. The maximum atomic E-state index is 5.33. The molecule has 0 aliphatic rings. The van der Waals surface area contributed by atoms with Crippen molar-refractivity contribution in [1.82, 2.24) is 4.98 Å². The van der Waals surface area contributed by atoms with Gasteiger partial charge in [-0.25, -0.2) is 0 Å². The van der Waals surface area contributed by atoms with Gasteiger partial charge in [0.25, 0.3) is 0 Å². The average Bonchev–Trinajstić information content (AvgIpc) is 2.42. The minimum atomic E-state index is 0.229. The minimum Gasteiger partial charge on any atom is -0.493 e. The third kappa shape index (κ3) is 3.32. The Balaban J connectivity index is 2.33. The van der Waals surface area contributed by atoms with Crippen LogP contribution in [-0.2, 0) is 0 Å². The number of nitrogens with one attached hydrogen (secondary N) is 1. The van der Waals surface area contributed by atoms with Gasteiger partial charge < -0.3 is 14.8 Å². The van der Waals surface area contributed by atoms with Crippen molar-refractivity contribution < 1.29 is 9.47 Å². The molecule has 1 heterocycles. The molecule has 0 saturated carbocycles. The lowest BCUT2D eigenvalue weighted by Crippen LogP contribution is -2.19. The summed E-state index contributed by atoms with van der Waals surface area (Å²) in [6.07, 6.45) is 1.85. The summed E-state index contributed by atoms with van der Waals surface area (Å²) >= 11 is 0. The predicted octanol–water partition coefficient (Wildman–Crippen LogP) is 3.71. The highest BCUT2D eigenvalue weighted by atomic mass is 16.5. The molecule has 2 aromatic rings. The smallest absolute Gasteiger partial charge is 0.162 e. The zero-order chi connectivity index (χ0) is 14.8. The topological polar surface area (TPSA) is 43.4 Å². The van der Waals surface area contributed by atoms with E-state index in [-0.39, 0.29) is 5.41 Å². The summed E-state index contributed by atoms with van der Waals surface area (Å²) in [5.41, 5.74) is 2.13. The van der Waals surface area contributed by atoms with Gasteiger partial charge in [0.15, 0.2) is 11.5 Å². The fourth-order valence-corrected chi connectivity index (χ4v) is 1.92. The number of anilines is 1. The fourth-order valence-electron chi connectivity index (χ4n) is 1.92. The van der Waals surface area contributed by atoms with Gasteiger partial charge in [0.05, 0.1) is 31.6 Å². The molecule has 0 unspecified atom stereocenters. The molecule has 2 rings (SSSR count). The van der Waals surface area contributed by atoms with Crippen LogP contribution in [0.25, 0.3) is 10.9 Å². The normalized spacial score (nSPS) is 11.4. The zero-order valence-electron chi connectivity index (χ0n) is 12.8. The van der Waals surface area contributed by atoms with Crippen LogP contribution in [0.15, 0.2) is 24.4 Å². The highest BCUT2D eigenvalue weighted by Gasteiger charge is 2.11. The summed E-state index contributed by atoms with van der Waals surface area (Å²) < 4.78 is 10.6. The highest BCUT2D eigenvalue weighted by Crippen LogP contribution is 2.32. The third-order valence-corrected chi connectivity index (χ3v) is 3.01. The van der Waals surface area contributed by atoms with E-state index in [0.29, 0.717) is 5.75 Å². The monoisotopic (exact) mass is 274 g/mol. The van der Waals surface area contributed by atoms with Crippen molar-refractivity contribution in [3.63, 3.8) is 0 Å². The van der Waals surface area contributed by atoms with Gasteiger partial charge in [0, 0.05) is 18.0 Å². The van der Waals surface area contributed by atoms with Crippen LogP contribution >= 0.6 is 0 Å². The van der Waals surface area contributed by atoms with Crippen LogP contribution in [0.3, 0.4) is 0 Å². The molecule has 20 heavy (non-hydrogen) atoms. The van der Waals surface area contributed by atoms with E-state index in [4.69, 9.17) is 9.47 Å². The number of aromatic nitrogens is 1. The first-order valence-corrected chi connectivity index (χ1v) is 6.68. The number of pyridine rings is 1. The first-order chi connectivity index (χ1) is 9.43. The zero-order valence-corrected chi connectivity index (χ0v) is 12.8. The molecule has 0 bridgehead atoms. The lowest BCUT2D eigenvalue weighted by atomic mass is 9.97. The number of fused-ring (bicyclic) bond motifs is 1. The van der Waals surface area contributed by atoms with Crippen molar-refractivity contribution in [3.05, 3.63) is 24.4 Å². The molecule has 1 N–H and O–H groups in total. The number of benzene rings is 1. The molecule has 0 amide bonds. The molecule has 0 saturated heterocycles. The van der Waals surface area contributed by atoms with Crippen molar-refractivity contribution in [3.8, 4) is 11.5 Å². The van der Waals surface area contributed by atoms with Crippen LogP contribution in [0.2, 0.25) is 0 Å². The van der Waals surface area contributed by atoms with E-state index in [1.807, 2.05) is 18.3 Å². The molecule has 0 aliphatic carbocycles. The van der Waals surface area contributed by atoms with Crippen molar-refractivity contribution in [2.75, 3.05) is 26.1 Å². The second-order valence-electron chi connectivity index (χ2n) is 6.04. The largest absolute Gasteiger partial charge is 0.493 e. The lowest BCUT2D eigenvalue weighted by Gasteiger charge is -2.19. The number of rotatable bonds is 4. The second kappa shape index (κ2) is 5.57.